The van der Waals surface area contributed by atoms with Crippen molar-refractivity contribution in [1.82, 2.24) is 15.1 Å². The van der Waals surface area contributed by atoms with Crippen molar-refractivity contribution in [3.63, 3.8) is 0 Å². The Morgan fingerprint density at radius 1 is 1.40 bits per heavy atom. The molecule has 7 nitrogen and oxygen atoms in total. The van der Waals surface area contributed by atoms with E-state index in [1.165, 1.54) is 0 Å². The number of carbonyl (C=O) groups excluding carboxylic acids is 2. The smallest absolute Gasteiger partial charge is 0.227 e. The Morgan fingerprint density at radius 2 is 2.16 bits per heavy atom. The predicted molar refractivity (Wildman–Crippen MR) is 93.3 cm³/mol. The van der Waals surface area contributed by atoms with Crippen LogP contribution in [0.1, 0.15) is 13.3 Å². The highest BCUT2D eigenvalue weighted by molar-refractivity contribution is 6.00. The molecule has 1 aromatic heterocycles. The second kappa shape index (κ2) is 7.38. The van der Waals surface area contributed by atoms with Crippen molar-refractivity contribution in [3.05, 3.63) is 42.7 Å². The van der Waals surface area contributed by atoms with Crippen molar-refractivity contribution in [3.8, 4) is 5.75 Å². The fourth-order valence-corrected chi connectivity index (χ4v) is 2.99. The first-order valence-electron chi connectivity index (χ1n) is 8.29. The van der Waals surface area contributed by atoms with Crippen molar-refractivity contribution >= 4 is 17.5 Å². The molecule has 1 fully saturated rings. The van der Waals surface area contributed by atoms with Crippen LogP contribution in [0.15, 0.2) is 42.7 Å². The Labute approximate surface area is 146 Å². The summed E-state index contributed by atoms with van der Waals surface area (Å²) in [4.78, 5) is 26.4. The van der Waals surface area contributed by atoms with Gasteiger partial charge in [-0.15, -0.1) is 0 Å². The Balaban J connectivity index is 1.58. The minimum Gasteiger partial charge on any atom is -0.497 e. The van der Waals surface area contributed by atoms with Crippen LogP contribution in [0.4, 0.5) is 5.69 Å². The minimum atomic E-state index is -0.338. The molecule has 2 amide bonds. The van der Waals surface area contributed by atoms with E-state index in [4.69, 9.17) is 4.74 Å². The van der Waals surface area contributed by atoms with Gasteiger partial charge in [-0.1, -0.05) is 0 Å². The monoisotopic (exact) mass is 342 g/mol. The molecular weight excluding hydrogens is 320 g/mol. The van der Waals surface area contributed by atoms with Crippen LogP contribution in [0.3, 0.4) is 0 Å². The van der Waals surface area contributed by atoms with Crippen molar-refractivity contribution in [2.75, 3.05) is 18.6 Å². The SMILES string of the molecule is COc1ccc(N2C[C@@H](C(=O)N[C@H](C)Cn3cccn3)CC2=O)cc1. The summed E-state index contributed by atoms with van der Waals surface area (Å²) in [5.74, 6) is 0.265. The first-order chi connectivity index (χ1) is 12.1. The number of hydrogen-bond donors (Lipinski definition) is 1. The standard InChI is InChI=1S/C18H22N4O3/c1-13(11-21-9-3-8-19-21)20-18(24)14-10-17(23)22(12-14)15-4-6-16(25-2)7-5-15/h3-9,13-14H,10-12H2,1-2H3,(H,20,24)/t13-,14+/m1/s1. The summed E-state index contributed by atoms with van der Waals surface area (Å²) < 4.78 is 6.90. The normalized spacial score (nSPS) is 18.2. The van der Waals surface area contributed by atoms with Gasteiger partial charge in [0.05, 0.1) is 19.6 Å². The van der Waals surface area contributed by atoms with E-state index < -0.39 is 0 Å². The summed E-state index contributed by atoms with van der Waals surface area (Å²) in [5, 5.41) is 7.10. The van der Waals surface area contributed by atoms with E-state index in [1.807, 2.05) is 43.5 Å². The number of rotatable bonds is 6. The lowest BCUT2D eigenvalue weighted by Gasteiger charge is -2.19. The van der Waals surface area contributed by atoms with Gasteiger partial charge in [-0.25, -0.2) is 0 Å². The van der Waals surface area contributed by atoms with Gasteiger partial charge in [0.1, 0.15) is 5.75 Å². The molecule has 0 aliphatic carbocycles. The van der Waals surface area contributed by atoms with E-state index in [9.17, 15) is 9.59 Å². The van der Waals surface area contributed by atoms with Gasteiger partial charge < -0.3 is 15.0 Å². The van der Waals surface area contributed by atoms with E-state index in [0.29, 0.717) is 13.1 Å². The lowest BCUT2D eigenvalue weighted by atomic mass is 10.1. The molecule has 0 saturated carbocycles. The lowest BCUT2D eigenvalue weighted by molar-refractivity contribution is -0.126. The summed E-state index contributed by atoms with van der Waals surface area (Å²) in [6.45, 7) is 2.92. The molecule has 2 aromatic rings. The summed E-state index contributed by atoms with van der Waals surface area (Å²) >= 11 is 0. The number of nitrogens with zero attached hydrogens (tertiary/aromatic N) is 3. The van der Waals surface area contributed by atoms with Crippen LogP contribution in [0.2, 0.25) is 0 Å². The lowest BCUT2D eigenvalue weighted by Crippen LogP contribution is -2.40. The highest BCUT2D eigenvalue weighted by atomic mass is 16.5. The minimum absolute atomic E-state index is 0.0370. The molecule has 0 unspecified atom stereocenters. The first-order valence-corrected chi connectivity index (χ1v) is 8.29. The predicted octanol–water partition coefficient (Wildman–Crippen LogP) is 1.45. The van der Waals surface area contributed by atoms with Crippen LogP contribution in [0.5, 0.6) is 5.75 Å². The number of anilines is 1. The molecule has 1 saturated heterocycles. The number of hydrogen-bond acceptors (Lipinski definition) is 4. The summed E-state index contributed by atoms with van der Waals surface area (Å²) in [6, 6.07) is 9.06. The number of carbonyl (C=O) groups is 2. The zero-order valence-corrected chi connectivity index (χ0v) is 14.4. The number of methoxy groups -OCH3 is 1. The molecule has 7 heteroatoms. The maximum atomic E-state index is 12.5. The average Bonchev–Trinajstić information content (AvgIpc) is 3.24. The molecule has 1 aliphatic heterocycles. The van der Waals surface area contributed by atoms with Crippen molar-refractivity contribution < 1.29 is 14.3 Å². The summed E-state index contributed by atoms with van der Waals surface area (Å²) in [6.07, 6.45) is 3.79. The molecule has 0 spiro atoms. The van der Waals surface area contributed by atoms with E-state index in [0.717, 1.165) is 11.4 Å². The van der Waals surface area contributed by atoms with Crippen LogP contribution in [-0.4, -0.2) is 41.3 Å². The summed E-state index contributed by atoms with van der Waals surface area (Å²) in [5.41, 5.74) is 0.783. The van der Waals surface area contributed by atoms with Gasteiger partial charge in [0.15, 0.2) is 0 Å². The zero-order valence-electron chi connectivity index (χ0n) is 14.4. The van der Waals surface area contributed by atoms with E-state index in [2.05, 4.69) is 10.4 Å². The van der Waals surface area contributed by atoms with Gasteiger partial charge in [0, 0.05) is 37.1 Å². The largest absolute Gasteiger partial charge is 0.497 e. The van der Waals surface area contributed by atoms with Crippen molar-refractivity contribution in [1.29, 1.82) is 0 Å². The second-order valence-corrected chi connectivity index (χ2v) is 6.24. The van der Waals surface area contributed by atoms with E-state index in [-0.39, 0.29) is 30.2 Å². The van der Waals surface area contributed by atoms with Gasteiger partial charge in [-0.2, -0.15) is 5.10 Å². The number of amides is 2. The van der Waals surface area contributed by atoms with Gasteiger partial charge in [-0.3, -0.25) is 14.3 Å². The average molecular weight is 342 g/mol. The van der Waals surface area contributed by atoms with Crippen LogP contribution >= 0.6 is 0 Å². The van der Waals surface area contributed by atoms with Crippen LogP contribution in [0.25, 0.3) is 0 Å². The Morgan fingerprint density at radius 3 is 2.80 bits per heavy atom. The maximum Gasteiger partial charge on any atom is 0.227 e. The van der Waals surface area contributed by atoms with Gasteiger partial charge >= 0.3 is 0 Å². The molecule has 0 radical (unpaired) electrons. The maximum absolute atomic E-state index is 12.5. The molecule has 1 aliphatic rings. The fraction of sp³-hybridized carbons (Fsp3) is 0.389. The third-order valence-corrected chi connectivity index (χ3v) is 4.29. The Hall–Kier alpha value is -2.83. The highest BCUT2D eigenvalue weighted by Gasteiger charge is 2.35. The second-order valence-electron chi connectivity index (χ2n) is 6.24. The third-order valence-electron chi connectivity index (χ3n) is 4.29. The third kappa shape index (κ3) is 3.99. The molecule has 2 heterocycles. The van der Waals surface area contributed by atoms with Crippen molar-refractivity contribution in [2.24, 2.45) is 5.92 Å². The van der Waals surface area contributed by atoms with Gasteiger partial charge in [0.2, 0.25) is 11.8 Å². The number of benzene rings is 1. The molecule has 132 valence electrons. The first kappa shape index (κ1) is 17.0. The zero-order chi connectivity index (χ0) is 17.8. The van der Waals surface area contributed by atoms with Gasteiger partial charge in [-0.05, 0) is 37.3 Å². The molecule has 3 rings (SSSR count). The molecular formula is C18H22N4O3. The Bertz CT molecular complexity index is 727. The molecule has 25 heavy (non-hydrogen) atoms. The van der Waals surface area contributed by atoms with E-state index in [1.54, 1.807) is 22.9 Å². The van der Waals surface area contributed by atoms with Crippen LogP contribution in [0, 0.1) is 5.92 Å². The molecule has 0 bridgehead atoms. The summed E-state index contributed by atoms with van der Waals surface area (Å²) in [7, 11) is 1.60. The fourth-order valence-electron chi connectivity index (χ4n) is 2.99. The molecule has 1 aromatic carbocycles. The topological polar surface area (TPSA) is 76.5 Å². The molecule has 2 atom stereocenters. The highest BCUT2D eigenvalue weighted by Crippen LogP contribution is 2.27. The number of aromatic nitrogens is 2. The van der Waals surface area contributed by atoms with E-state index >= 15 is 0 Å². The quantitative estimate of drug-likeness (QED) is 0.862. The van der Waals surface area contributed by atoms with Crippen molar-refractivity contribution in [2.45, 2.75) is 25.9 Å². The number of ether oxygens (including phenoxy) is 1. The number of nitrogens with one attached hydrogen (secondary N) is 1. The Kier molecular flexibility index (Phi) is 5.02. The van der Waals surface area contributed by atoms with Crippen LogP contribution < -0.4 is 15.0 Å². The van der Waals surface area contributed by atoms with Crippen LogP contribution in [-0.2, 0) is 16.1 Å². The molecule has 1 N–H and O–H groups in total. The van der Waals surface area contributed by atoms with Gasteiger partial charge in [0.25, 0.3) is 0 Å².